The van der Waals surface area contributed by atoms with Crippen molar-refractivity contribution < 1.29 is 20.1 Å². The predicted octanol–water partition coefficient (Wildman–Crippen LogP) is 3.46. The van der Waals surface area contributed by atoms with Crippen molar-refractivity contribution in [2.45, 2.75) is 84.7 Å². The van der Waals surface area contributed by atoms with E-state index in [1.807, 2.05) is 32.9 Å². The molecule has 3 N–H and O–H groups in total. The number of fused-ring (bicyclic) bond motifs is 2. The topological polar surface area (TPSA) is 69.9 Å². The van der Waals surface area contributed by atoms with E-state index in [9.17, 15) is 15.3 Å². The summed E-state index contributed by atoms with van der Waals surface area (Å²) < 4.78 is 6.21. The van der Waals surface area contributed by atoms with Crippen molar-refractivity contribution in [2.75, 3.05) is 6.61 Å². The van der Waals surface area contributed by atoms with Gasteiger partial charge in [0, 0.05) is 11.3 Å². The first kappa shape index (κ1) is 21.0. The fourth-order valence-corrected chi connectivity index (χ4v) is 6.30. The van der Waals surface area contributed by atoms with Gasteiger partial charge in [0.25, 0.3) is 0 Å². The van der Waals surface area contributed by atoms with Gasteiger partial charge in [0.2, 0.25) is 0 Å². The summed E-state index contributed by atoms with van der Waals surface area (Å²) in [5, 5.41) is 33.5. The zero-order valence-corrected chi connectivity index (χ0v) is 17.8. The lowest BCUT2D eigenvalue weighted by Gasteiger charge is -2.49. The van der Waals surface area contributed by atoms with E-state index in [0.717, 1.165) is 18.4 Å². The standard InChI is InChI=1S/C23H38O4/c1-14(2)18-20(27-15(3)4)19(25)17-12-23(26)16(5)8-7-9-22(23,13-24)11-10-21(17,18)6/h7-8,12,14-16,18-20,24-26H,9-11,13H2,1-6H3. The van der Waals surface area contributed by atoms with Crippen LogP contribution in [-0.4, -0.2) is 45.8 Å². The Hall–Kier alpha value is -0.680. The fraction of sp³-hybridized carbons (Fsp3) is 0.826. The van der Waals surface area contributed by atoms with Crippen LogP contribution in [-0.2, 0) is 4.74 Å². The number of hydrogen-bond donors (Lipinski definition) is 3. The Kier molecular flexibility index (Phi) is 5.44. The average Bonchev–Trinajstić information content (AvgIpc) is 2.71. The van der Waals surface area contributed by atoms with Gasteiger partial charge >= 0.3 is 0 Å². The van der Waals surface area contributed by atoms with E-state index in [4.69, 9.17) is 4.74 Å². The Balaban J connectivity index is 2.16. The molecule has 0 saturated heterocycles. The summed E-state index contributed by atoms with van der Waals surface area (Å²) in [5.41, 5.74) is -1.08. The summed E-state index contributed by atoms with van der Waals surface area (Å²) in [6.45, 7) is 12.6. The van der Waals surface area contributed by atoms with Crippen molar-refractivity contribution in [1.82, 2.24) is 0 Å². The second-order valence-electron chi connectivity index (χ2n) is 10.1. The van der Waals surface area contributed by atoms with E-state index < -0.39 is 17.1 Å². The maximum Gasteiger partial charge on any atom is 0.102 e. The lowest BCUT2D eigenvalue weighted by molar-refractivity contribution is -0.113. The van der Waals surface area contributed by atoms with Crippen LogP contribution in [0, 0.1) is 28.6 Å². The largest absolute Gasteiger partial charge is 0.396 e. The third-order valence-corrected chi connectivity index (χ3v) is 7.80. The minimum absolute atomic E-state index is 0.0357. The van der Waals surface area contributed by atoms with Crippen molar-refractivity contribution in [3.63, 3.8) is 0 Å². The van der Waals surface area contributed by atoms with E-state index >= 15 is 0 Å². The van der Waals surface area contributed by atoms with Crippen molar-refractivity contribution in [1.29, 1.82) is 0 Å². The van der Waals surface area contributed by atoms with Crippen LogP contribution in [0.25, 0.3) is 0 Å². The number of rotatable bonds is 4. The number of hydrogen-bond acceptors (Lipinski definition) is 4. The first-order valence-electron chi connectivity index (χ1n) is 10.6. The summed E-state index contributed by atoms with van der Waals surface area (Å²) in [5.74, 6) is 0.404. The second-order valence-corrected chi connectivity index (χ2v) is 10.1. The van der Waals surface area contributed by atoms with Crippen LogP contribution in [0.4, 0.5) is 0 Å². The highest BCUT2D eigenvalue weighted by Gasteiger charge is 2.62. The SMILES string of the molecule is CC(C)OC1C(O)C2=CC3(O)C(C)C=CCC3(CO)CCC2(C)C1C(C)C. The normalized spacial score (nSPS) is 47.0. The molecule has 0 amide bonds. The summed E-state index contributed by atoms with van der Waals surface area (Å²) >= 11 is 0. The first-order chi connectivity index (χ1) is 12.5. The van der Waals surface area contributed by atoms with Gasteiger partial charge in [-0.1, -0.05) is 39.8 Å². The molecule has 4 nitrogen and oxygen atoms in total. The van der Waals surface area contributed by atoms with Crippen LogP contribution in [0.3, 0.4) is 0 Å². The average molecular weight is 379 g/mol. The maximum atomic E-state index is 11.8. The number of allylic oxidation sites excluding steroid dienone is 1. The number of ether oxygens (including phenoxy) is 1. The zero-order valence-electron chi connectivity index (χ0n) is 17.8. The van der Waals surface area contributed by atoms with Crippen LogP contribution in [0.15, 0.2) is 23.8 Å². The molecule has 0 bridgehead atoms. The Morgan fingerprint density at radius 3 is 2.44 bits per heavy atom. The van der Waals surface area contributed by atoms with Crippen LogP contribution < -0.4 is 0 Å². The minimum Gasteiger partial charge on any atom is -0.396 e. The predicted molar refractivity (Wildman–Crippen MR) is 107 cm³/mol. The summed E-state index contributed by atoms with van der Waals surface area (Å²) in [7, 11) is 0. The molecule has 1 saturated carbocycles. The van der Waals surface area contributed by atoms with Gasteiger partial charge in [-0.15, -0.1) is 0 Å². The van der Waals surface area contributed by atoms with Gasteiger partial charge in [0.15, 0.2) is 0 Å². The molecule has 0 aliphatic heterocycles. The number of aliphatic hydroxyl groups excluding tert-OH is 2. The first-order valence-corrected chi connectivity index (χ1v) is 10.6. The molecule has 27 heavy (non-hydrogen) atoms. The third-order valence-electron chi connectivity index (χ3n) is 7.80. The van der Waals surface area contributed by atoms with Gasteiger partial charge in [-0.25, -0.2) is 0 Å². The van der Waals surface area contributed by atoms with Gasteiger partial charge < -0.3 is 20.1 Å². The molecule has 0 heterocycles. The summed E-state index contributed by atoms with van der Waals surface area (Å²) in [4.78, 5) is 0. The molecular formula is C23H38O4. The molecular weight excluding hydrogens is 340 g/mol. The van der Waals surface area contributed by atoms with E-state index in [-0.39, 0.29) is 36.1 Å². The molecule has 0 aromatic carbocycles. The highest BCUT2D eigenvalue weighted by molar-refractivity contribution is 5.37. The Morgan fingerprint density at radius 1 is 1.22 bits per heavy atom. The monoisotopic (exact) mass is 378 g/mol. The maximum absolute atomic E-state index is 11.8. The molecule has 0 radical (unpaired) electrons. The van der Waals surface area contributed by atoms with Gasteiger partial charge in [-0.2, -0.15) is 0 Å². The molecule has 7 atom stereocenters. The molecule has 7 unspecified atom stereocenters. The molecule has 0 aromatic heterocycles. The molecule has 3 rings (SSSR count). The van der Waals surface area contributed by atoms with Gasteiger partial charge in [-0.05, 0) is 62.0 Å². The quantitative estimate of drug-likeness (QED) is 0.655. The molecule has 4 heteroatoms. The molecule has 0 spiro atoms. The van der Waals surface area contributed by atoms with Crippen molar-refractivity contribution in [2.24, 2.45) is 28.6 Å². The van der Waals surface area contributed by atoms with Crippen molar-refractivity contribution in [3.05, 3.63) is 23.8 Å². The van der Waals surface area contributed by atoms with Crippen molar-refractivity contribution >= 4 is 0 Å². The highest BCUT2D eigenvalue weighted by Crippen LogP contribution is 2.61. The van der Waals surface area contributed by atoms with E-state index in [1.54, 1.807) is 0 Å². The van der Waals surface area contributed by atoms with E-state index in [2.05, 4.69) is 26.8 Å². The molecule has 3 aliphatic carbocycles. The number of aliphatic hydroxyl groups is 3. The molecule has 154 valence electrons. The Morgan fingerprint density at radius 2 is 1.89 bits per heavy atom. The smallest absolute Gasteiger partial charge is 0.102 e. The molecule has 3 aliphatic rings. The van der Waals surface area contributed by atoms with Crippen LogP contribution in [0.2, 0.25) is 0 Å². The van der Waals surface area contributed by atoms with Crippen LogP contribution >= 0.6 is 0 Å². The molecule has 0 aromatic rings. The lowest BCUT2D eigenvalue weighted by atomic mass is 9.59. The third kappa shape index (κ3) is 2.95. The fourth-order valence-electron chi connectivity index (χ4n) is 6.30. The lowest BCUT2D eigenvalue weighted by Crippen LogP contribution is -2.54. The van der Waals surface area contributed by atoms with Crippen LogP contribution in [0.5, 0.6) is 0 Å². The Bertz CT molecular complexity index is 624. The van der Waals surface area contributed by atoms with E-state index in [1.165, 1.54) is 0 Å². The van der Waals surface area contributed by atoms with Crippen LogP contribution in [0.1, 0.15) is 60.8 Å². The van der Waals surface area contributed by atoms with E-state index in [0.29, 0.717) is 12.3 Å². The minimum atomic E-state index is -1.15. The Labute approximate surface area is 164 Å². The van der Waals surface area contributed by atoms with Crippen molar-refractivity contribution in [3.8, 4) is 0 Å². The zero-order chi connectivity index (χ0) is 20.2. The van der Waals surface area contributed by atoms with Gasteiger partial charge in [0.1, 0.15) is 6.10 Å². The van der Waals surface area contributed by atoms with Gasteiger partial charge in [-0.3, -0.25) is 0 Å². The van der Waals surface area contributed by atoms with Gasteiger partial charge in [0.05, 0.1) is 24.4 Å². The highest BCUT2D eigenvalue weighted by atomic mass is 16.5. The summed E-state index contributed by atoms with van der Waals surface area (Å²) in [6, 6.07) is 0. The molecule has 1 fully saturated rings. The summed E-state index contributed by atoms with van der Waals surface area (Å²) in [6.07, 6.45) is 7.34. The second kappa shape index (κ2) is 6.98.